The first-order chi connectivity index (χ1) is 9.91. The zero-order valence-electron chi connectivity index (χ0n) is 14.7. The molecule has 0 aliphatic rings. The van der Waals surface area contributed by atoms with E-state index >= 15 is 0 Å². The van der Waals surface area contributed by atoms with Gasteiger partial charge in [0.15, 0.2) is 0 Å². The van der Waals surface area contributed by atoms with E-state index in [0.29, 0.717) is 0 Å². The maximum atomic E-state index is 2.30. The molecule has 0 aliphatic carbocycles. The van der Waals surface area contributed by atoms with Crippen molar-refractivity contribution in [2.45, 2.75) is 120 Å². The Kier molecular flexibility index (Phi) is 21.0. The van der Waals surface area contributed by atoms with Gasteiger partial charge in [-0.2, -0.15) is 0 Å². The molecular formula is C19H39Na. The summed E-state index contributed by atoms with van der Waals surface area (Å²) in [7, 11) is 0. The first-order valence-corrected chi connectivity index (χ1v) is 11.3. The van der Waals surface area contributed by atoms with Crippen LogP contribution in [0.15, 0.2) is 0 Å². The topological polar surface area (TPSA) is 0 Å². The van der Waals surface area contributed by atoms with E-state index in [-0.39, 0.29) is 0 Å². The molecule has 0 N–H and O–H groups in total. The van der Waals surface area contributed by atoms with Crippen molar-refractivity contribution in [1.82, 2.24) is 0 Å². The number of hydrogen-bond acceptors (Lipinski definition) is 0. The number of rotatable bonds is 17. The van der Waals surface area contributed by atoms with Crippen LogP contribution >= 0.6 is 0 Å². The van der Waals surface area contributed by atoms with Gasteiger partial charge in [0.2, 0.25) is 0 Å². The Morgan fingerprint density at radius 2 is 0.650 bits per heavy atom. The molecule has 0 radical (unpaired) electrons. The van der Waals surface area contributed by atoms with Crippen molar-refractivity contribution in [3.05, 3.63) is 0 Å². The molecule has 0 aliphatic heterocycles. The molecule has 0 rings (SSSR count). The molecule has 0 fully saturated rings. The molecule has 0 bridgehead atoms. The van der Waals surface area contributed by atoms with Gasteiger partial charge < -0.3 is 0 Å². The van der Waals surface area contributed by atoms with Crippen LogP contribution in [0.2, 0.25) is 3.67 Å². The Morgan fingerprint density at radius 1 is 0.400 bits per heavy atom. The Labute approximate surface area is 147 Å². The van der Waals surface area contributed by atoms with E-state index < -0.39 is 0 Å². The normalized spacial score (nSPS) is 11.2. The molecule has 20 heavy (non-hydrogen) atoms. The minimum absolute atomic E-state index is 1.38. The van der Waals surface area contributed by atoms with E-state index in [1.807, 2.05) is 0 Å². The molecule has 0 heterocycles. The van der Waals surface area contributed by atoms with Gasteiger partial charge >= 0.3 is 102 Å². The van der Waals surface area contributed by atoms with Crippen LogP contribution in [0.3, 0.4) is 0 Å². The Hall–Kier alpha value is 1.00. The van der Waals surface area contributed by atoms with Crippen molar-refractivity contribution in [3.63, 3.8) is 0 Å². The van der Waals surface area contributed by atoms with E-state index in [9.17, 15) is 0 Å². The van der Waals surface area contributed by atoms with Crippen LogP contribution in [-0.4, -0.2) is 27.9 Å². The van der Waals surface area contributed by atoms with Crippen molar-refractivity contribution in [3.8, 4) is 0 Å². The summed E-state index contributed by atoms with van der Waals surface area (Å²) in [6.45, 7) is 2.30. The molecule has 0 aromatic rings. The second kappa shape index (κ2) is 20.0. The quantitative estimate of drug-likeness (QED) is 0.196. The summed E-state index contributed by atoms with van der Waals surface area (Å²) in [6, 6.07) is 0. The Bertz CT molecular complexity index is 138. The van der Waals surface area contributed by atoms with Crippen LogP contribution in [0.1, 0.15) is 116 Å². The second-order valence-corrected chi connectivity index (χ2v) is 7.66. The van der Waals surface area contributed by atoms with Crippen molar-refractivity contribution in [2.24, 2.45) is 0 Å². The van der Waals surface area contributed by atoms with Crippen LogP contribution in [0.4, 0.5) is 0 Å². The zero-order valence-corrected chi connectivity index (χ0v) is 16.7. The number of hydrogen-bond donors (Lipinski definition) is 0. The third kappa shape index (κ3) is 19.0. The van der Waals surface area contributed by atoms with E-state index in [1.165, 1.54) is 141 Å². The van der Waals surface area contributed by atoms with Gasteiger partial charge in [0.05, 0.1) is 0 Å². The first-order valence-electron chi connectivity index (χ1n) is 9.91. The molecule has 0 nitrogen and oxygen atoms in total. The fraction of sp³-hybridized carbons (Fsp3) is 1.00. The van der Waals surface area contributed by atoms with Crippen LogP contribution in [0, 0.1) is 0 Å². The fourth-order valence-electron chi connectivity index (χ4n) is 2.97. The molecule has 1 heteroatoms. The van der Waals surface area contributed by atoms with Gasteiger partial charge in [-0.05, 0) is 0 Å². The van der Waals surface area contributed by atoms with E-state index in [1.54, 1.807) is 0 Å². The van der Waals surface area contributed by atoms with Crippen LogP contribution < -0.4 is 0 Å². The van der Waals surface area contributed by atoms with Crippen LogP contribution in [0.25, 0.3) is 0 Å². The summed E-state index contributed by atoms with van der Waals surface area (Å²) < 4.78 is 1.51. The third-order valence-corrected chi connectivity index (χ3v) is 5.16. The molecule has 0 spiro atoms. The van der Waals surface area contributed by atoms with Gasteiger partial charge in [-0.3, -0.25) is 0 Å². The van der Waals surface area contributed by atoms with E-state index in [2.05, 4.69) is 6.92 Å². The average molecular weight is 291 g/mol. The first kappa shape index (κ1) is 21.0. The fourth-order valence-corrected chi connectivity index (χ4v) is 3.47. The summed E-state index contributed by atoms with van der Waals surface area (Å²) in [5.74, 6) is 0. The van der Waals surface area contributed by atoms with E-state index in [4.69, 9.17) is 0 Å². The van der Waals surface area contributed by atoms with Gasteiger partial charge in [0, 0.05) is 0 Å². The van der Waals surface area contributed by atoms with Crippen molar-refractivity contribution >= 4 is 27.9 Å². The molecule has 116 valence electrons. The van der Waals surface area contributed by atoms with E-state index in [0.717, 1.165) is 0 Å². The molecule has 0 aromatic carbocycles. The van der Waals surface area contributed by atoms with Crippen molar-refractivity contribution < 1.29 is 0 Å². The molecule has 0 unspecified atom stereocenters. The molecule has 0 saturated carbocycles. The predicted octanol–water partition coefficient (Wildman–Crippen LogP) is 7.22. The van der Waals surface area contributed by atoms with Crippen molar-refractivity contribution in [1.29, 1.82) is 0 Å². The summed E-state index contributed by atoms with van der Waals surface area (Å²) >= 11 is 1.41. The Balaban J connectivity index is 2.89. The number of unbranched alkanes of at least 4 members (excludes halogenated alkanes) is 16. The molecule has 0 aromatic heterocycles. The van der Waals surface area contributed by atoms with Gasteiger partial charge in [0.25, 0.3) is 0 Å². The Morgan fingerprint density at radius 3 is 0.900 bits per heavy atom. The molecule has 0 atom stereocenters. The van der Waals surface area contributed by atoms with Gasteiger partial charge in [-0.25, -0.2) is 0 Å². The second-order valence-electron chi connectivity index (χ2n) is 6.66. The van der Waals surface area contributed by atoms with Gasteiger partial charge in [-0.15, -0.1) is 0 Å². The van der Waals surface area contributed by atoms with Gasteiger partial charge in [0.1, 0.15) is 0 Å². The SMILES string of the molecule is CCCCCCCCCCCCCCCCCC[CH2][Na]. The molecular weight excluding hydrogens is 251 g/mol. The monoisotopic (exact) mass is 290 g/mol. The third-order valence-electron chi connectivity index (χ3n) is 4.46. The summed E-state index contributed by atoms with van der Waals surface area (Å²) in [5, 5.41) is 0. The van der Waals surface area contributed by atoms with Gasteiger partial charge in [-0.1, -0.05) is 45.4 Å². The predicted molar refractivity (Wildman–Crippen MR) is 94.7 cm³/mol. The summed E-state index contributed by atoms with van der Waals surface area (Å²) in [5.41, 5.74) is 0. The van der Waals surface area contributed by atoms with Crippen LogP contribution in [0.5, 0.6) is 0 Å². The minimum atomic E-state index is 1.38. The maximum absolute atomic E-state index is 2.30. The average Bonchev–Trinajstić information content (AvgIpc) is 2.47. The van der Waals surface area contributed by atoms with Crippen molar-refractivity contribution in [2.75, 3.05) is 0 Å². The molecule has 0 saturated heterocycles. The zero-order chi connectivity index (χ0) is 14.7. The molecule has 0 amide bonds. The standard InChI is InChI=1S/C19H39.Na/c1-3-5-7-9-11-13-15-17-19-18-16-14-12-10-8-6-4-2;/h1,3-19H2,2H3;. The summed E-state index contributed by atoms with van der Waals surface area (Å²) in [6.07, 6.45) is 25.2. The summed E-state index contributed by atoms with van der Waals surface area (Å²) in [4.78, 5) is 0. The van der Waals surface area contributed by atoms with Crippen LogP contribution in [-0.2, 0) is 0 Å².